The van der Waals surface area contributed by atoms with Gasteiger partial charge in [0.1, 0.15) is 0 Å². The molecule has 116 valence electrons. The fraction of sp³-hybridized carbons (Fsp3) is 0.857. The van der Waals surface area contributed by atoms with Gasteiger partial charge in [-0.2, -0.15) is 0 Å². The van der Waals surface area contributed by atoms with Gasteiger partial charge in [-0.3, -0.25) is 4.79 Å². The highest BCUT2D eigenvalue weighted by molar-refractivity contribution is 5.84. The number of ether oxygens (including phenoxy) is 1. The van der Waals surface area contributed by atoms with Crippen molar-refractivity contribution in [3.8, 4) is 0 Å². The molecule has 2 heterocycles. The molecule has 7 nitrogen and oxygen atoms in total. The summed E-state index contributed by atoms with van der Waals surface area (Å²) in [5, 5.41) is 12.7. The minimum atomic E-state index is -0.701. The van der Waals surface area contributed by atoms with Crippen molar-refractivity contribution in [2.24, 2.45) is 5.41 Å². The lowest BCUT2D eigenvalue weighted by molar-refractivity contribution is -0.219. The van der Waals surface area contributed by atoms with E-state index in [0.29, 0.717) is 32.4 Å². The van der Waals surface area contributed by atoms with Crippen LogP contribution >= 0.6 is 0 Å². The highest BCUT2D eigenvalue weighted by atomic mass is 16.5. The fourth-order valence-electron chi connectivity index (χ4n) is 4.77. The molecule has 2 amide bonds. The molecule has 2 bridgehead atoms. The van der Waals surface area contributed by atoms with Crippen LogP contribution in [0.3, 0.4) is 0 Å². The third-order valence-electron chi connectivity index (χ3n) is 5.85. The van der Waals surface area contributed by atoms with E-state index in [2.05, 4.69) is 5.32 Å². The zero-order chi connectivity index (χ0) is 14.8. The second-order valence-corrected chi connectivity index (χ2v) is 7.01. The topological polar surface area (TPSA) is 82.1 Å². The first kappa shape index (κ1) is 13.3. The molecule has 2 atom stereocenters. The van der Waals surface area contributed by atoms with Crippen LogP contribution in [0.4, 0.5) is 4.79 Å². The number of urea groups is 1. The summed E-state index contributed by atoms with van der Waals surface area (Å²) in [6.45, 7) is 2.79. The van der Waals surface area contributed by atoms with Crippen LogP contribution in [-0.2, 0) is 9.53 Å². The molecule has 5 rings (SSSR count). The number of carboxylic acid groups (broad SMARTS) is 1. The molecular formula is C14H21N3O4. The number of aliphatic carboxylic acids is 1. The summed E-state index contributed by atoms with van der Waals surface area (Å²) in [4.78, 5) is 27.8. The monoisotopic (exact) mass is 295 g/mol. The first-order chi connectivity index (χ1) is 10.0. The largest absolute Gasteiger partial charge is 0.481 e. The van der Waals surface area contributed by atoms with Crippen molar-refractivity contribution in [1.82, 2.24) is 15.1 Å². The van der Waals surface area contributed by atoms with Gasteiger partial charge in [-0.05, 0) is 19.3 Å². The van der Waals surface area contributed by atoms with Gasteiger partial charge in [0.2, 0.25) is 0 Å². The molecule has 0 aromatic carbocycles. The van der Waals surface area contributed by atoms with Crippen LogP contribution in [0.1, 0.15) is 19.3 Å². The predicted octanol–water partition coefficient (Wildman–Crippen LogP) is -0.282. The van der Waals surface area contributed by atoms with Crippen LogP contribution in [0.25, 0.3) is 0 Å². The van der Waals surface area contributed by atoms with Crippen LogP contribution in [-0.4, -0.2) is 77.9 Å². The van der Waals surface area contributed by atoms with Crippen LogP contribution < -0.4 is 5.32 Å². The quantitative estimate of drug-likeness (QED) is 0.745. The maximum absolute atomic E-state index is 12.7. The molecule has 2 N–H and O–H groups in total. The molecule has 7 heteroatoms. The van der Waals surface area contributed by atoms with E-state index in [1.54, 1.807) is 7.11 Å². The van der Waals surface area contributed by atoms with Crippen LogP contribution in [0.5, 0.6) is 0 Å². The van der Waals surface area contributed by atoms with E-state index in [-0.39, 0.29) is 23.7 Å². The molecule has 0 spiro atoms. The lowest BCUT2D eigenvalue weighted by atomic mass is 9.39. The van der Waals surface area contributed by atoms with E-state index >= 15 is 0 Å². The zero-order valence-corrected chi connectivity index (χ0v) is 12.2. The van der Waals surface area contributed by atoms with E-state index in [1.807, 2.05) is 9.80 Å². The minimum Gasteiger partial charge on any atom is -0.481 e. The normalized spacial score (nSPS) is 44.1. The van der Waals surface area contributed by atoms with Gasteiger partial charge >= 0.3 is 12.0 Å². The number of piperazine rings is 1. The van der Waals surface area contributed by atoms with Gasteiger partial charge in [0.15, 0.2) is 0 Å². The molecule has 3 aliphatic carbocycles. The average molecular weight is 295 g/mol. The van der Waals surface area contributed by atoms with Crippen molar-refractivity contribution in [3.05, 3.63) is 0 Å². The van der Waals surface area contributed by atoms with E-state index < -0.39 is 11.4 Å². The van der Waals surface area contributed by atoms with Gasteiger partial charge in [0, 0.05) is 32.3 Å². The van der Waals surface area contributed by atoms with E-state index in [4.69, 9.17) is 4.74 Å². The molecular weight excluding hydrogens is 274 g/mol. The number of hydrogen-bond acceptors (Lipinski definition) is 4. The lowest BCUT2D eigenvalue weighted by Gasteiger charge is -2.70. The van der Waals surface area contributed by atoms with Crippen molar-refractivity contribution >= 4 is 12.0 Å². The molecule has 3 saturated carbocycles. The van der Waals surface area contributed by atoms with Gasteiger partial charge in [-0.15, -0.1) is 0 Å². The maximum atomic E-state index is 12.7. The second-order valence-electron chi connectivity index (χ2n) is 7.01. The first-order valence-electron chi connectivity index (χ1n) is 7.55. The Labute approximate surface area is 123 Å². The number of carbonyl (C=O) groups excluding carboxylic acids is 1. The zero-order valence-electron chi connectivity index (χ0n) is 12.2. The average Bonchev–Trinajstić information content (AvgIpc) is 2.66. The number of nitrogens with one attached hydrogen (secondary N) is 1. The van der Waals surface area contributed by atoms with Gasteiger partial charge in [-0.25, -0.2) is 4.79 Å². The van der Waals surface area contributed by atoms with Crippen molar-refractivity contribution in [3.63, 3.8) is 0 Å². The van der Waals surface area contributed by atoms with E-state index in [9.17, 15) is 14.7 Å². The van der Waals surface area contributed by atoms with Gasteiger partial charge in [0.05, 0.1) is 24.1 Å². The van der Waals surface area contributed by atoms with E-state index in [0.717, 1.165) is 13.1 Å². The Kier molecular flexibility index (Phi) is 2.60. The number of methoxy groups -OCH3 is 1. The Morgan fingerprint density at radius 3 is 2.81 bits per heavy atom. The Morgan fingerprint density at radius 1 is 1.48 bits per heavy atom. The van der Waals surface area contributed by atoms with Crippen LogP contribution in [0, 0.1) is 5.41 Å². The van der Waals surface area contributed by atoms with Crippen molar-refractivity contribution in [2.75, 3.05) is 33.4 Å². The summed E-state index contributed by atoms with van der Waals surface area (Å²) < 4.78 is 5.25. The predicted molar refractivity (Wildman–Crippen MR) is 72.9 cm³/mol. The molecule has 0 unspecified atom stereocenters. The third kappa shape index (κ3) is 1.56. The number of hydrogen-bond donors (Lipinski definition) is 2. The van der Waals surface area contributed by atoms with Crippen molar-refractivity contribution in [2.45, 2.75) is 36.9 Å². The smallest absolute Gasteiger partial charge is 0.320 e. The summed E-state index contributed by atoms with van der Waals surface area (Å²) in [6, 6.07) is 0.390. The summed E-state index contributed by atoms with van der Waals surface area (Å²) in [5.41, 5.74) is -0.710. The molecule has 5 aliphatic rings. The Hall–Kier alpha value is -1.34. The number of rotatable bonds is 4. The number of carbonyl (C=O) groups is 2. The van der Waals surface area contributed by atoms with Crippen LogP contribution in [0.15, 0.2) is 0 Å². The number of fused-ring (bicyclic) bond motifs is 1. The number of nitrogens with zero attached hydrogens (tertiary/aromatic N) is 2. The summed E-state index contributed by atoms with van der Waals surface area (Å²) in [5.74, 6) is -0.701. The highest BCUT2D eigenvalue weighted by Crippen LogP contribution is 2.70. The highest BCUT2D eigenvalue weighted by Gasteiger charge is 2.76. The summed E-state index contributed by atoms with van der Waals surface area (Å²) >= 11 is 0. The molecule has 2 saturated heterocycles. The van der Waals surface area contributed by atoms with Gasteiger partial charge < -0.3 is 25.0 Å². The van der Waals surface area contributed by atoms with Gasteiger partial charge in [0.25, 0.3) is 0 Å². The number of carboxylic acids is 1. The summed E-state index contributed by atoms with van der Waals surface area (Å²) in [7, 11) is 1.67. The Balaban J connectivity index is 1.50. The molecule has 21 heavy (non-hydrogen) atoms. The summed E-state index contributed by atoms with van der Waals surface area (Å²) in [6.07, 6.45) is 1.89. The lowest BCUT2D eigenvalue weighted by Crippen LogP contribution is -2.77. The first-order valence-corrected chi connectivity index (χ1v) is 7.55. The van der Waals surface area contributed by atoms with Crippen molar-refractivity contribution < 1.29 is 19.4 Å². The Morgan fingerprint density at radius 2 is 2.19 bits per heavy atom. The van der Waals surface area contributed by atoms with Crippen molar-refractivity contribution in [1.29, 1.82) is 0 Å². The van der Waals surface area contributed by atoms with Gasteiger partial charge in [-0.1, -0.05) is 0 Å². The third-order valence-corrected chi connectivity index (χ3v) is 5.85. The minimum absolute atomic E-state index is 0.0845. The second kappa shape index (κ2) is 4.10. The fourth-order valence-corrected chi connectivity index (χ4v) is 4.77. The molecule has 0 aromatic heterocycles. The molecule has 0 aromatic rings. The molecule has 5 fully saturated rings. The SMILES string of the molecule is COC[C@H]1NCCN2C(=O)N(C34CC(C(=O)O)(C3)C4)C[C@H]12. The number of amides is 2. The molecule has 0 radical (unpaired) electrons. The maximum Gasteiger partial charge on any atom is 0.320 e. The van der Waals surface area contributed by atoms with Crippen LogP contribution in [0.2, 0.25) is 0 Å². The Bertz CT molecular complexity index is 487. The molecule has 2 aliphatic heterocycles. The standard InChI is InChI=1S/C14H21N3O4/c1-21-5-9-10-4-17(12(20)16(10)3-2-15-9)14-6-13(7-14,8-14)11(18)19/h9-10,15H,2-8H2,1H3,(H,18,19)/t9-,10-,13?,14?/m1/s1. The van der Waals surface area contributed by atoms with E-state index in [1.165, 1.54) is 0 Å².